The van der Waals surface area contributed by atoms with Crippen LogP contribution in [0.5, 0.6) is 0 Å². The fourth-order valence-electron chi connectivity index (χ4n) is 3.78. The number of halogens is 1. The third kappa shape index (κ3) is 3.56. The molecular weight excluding hydrogens is 356 g/mol. The number of rotatable bonds is 3. The summed E-state index contributed by atoms with van der Waals surface area (Å²) >= 11 is 0. The number of nitrogens with two attached hydrogens (primary N) is 1. The Morgan fingerprint density at radius 1 is 1.27 bits per heavy atom. The van der Waals surface area contributed by atoms with Crippen molar-refractivity contribution in [2.75, 3.05) is 30.3 Å². The van der Waals surface area contributed by atoms with Gasteiger partial charge in [0.25, 0.3) is 5.69 Å². The Hall–Kier alpha value is -2.45. The quantitative estimate of drug-likeness (QED) is 0.624. The lowest BCUT2D eigenvalue weighted by Crippen LogP contribution is -2.40. The number of nitrogens with one attached hydrogen (secondary N) is 1. The van der Waals surface area contributed by atoms with E-state index in [9.17, 15) is 10.1 Å². The highest BCUT2D eigenvalue weighted by atomic mass is 35.5. The molecule has 0 bridgehead atoms. The second kappa shape index (κ2) is 7.43. The molecule has 2 aromatic rings. The second-order valence-corrected chi connectivity index (χ2v) is 6.64. The highest BCUT2D eigenvalue weighted by Gasteiger charge is 2.35. The number of non-ortho nitro benzene ring substituents is 1. The van der Waals surface area contributed by atoms with Crippen LogP contribution in [0.2, 0.25) is 0 Å². The van der Waals surface area contributed by atoms with Crippen molar-refractivity contribution in [1.29, 1.82) is 0 Å². The van der Waals surface area contributed by atoms with Crippen LogP contribution in [0.25, 0.3) is 11.3 Å². The first-order valence-corrected chi connectivity index (χ1v) is 8.48. The molecule has 3 heterocycles. The summed E-state index contributed by atoms with van der Waals surface area (Å²) in [5.74, 6) is 1.60. The number of nitrogen functional groups attached to an aromatic ring is 1. The number of piperidine rings is 1. The van der Waals surface area contributed by atoms with Crippen molar-refractivity contribution in [3.8, 4) is 11.3 Å². The predicted octanol–water partition coefficient (Wildman–Crippen LogP) is 2.24. The second-order valence-electron chi connectivity index (χ2n) is 6.64. The number of benzene rings is 1. The fourth-order valence-corrected chi connectivity index (χ4v) is 3.78. The average Bonchev–Trinajstić information content (AvgIpc) is 3.05. The number of hydrogen-bond donors (Lipinski definition) is 2. The molecule has 0 radical (unpaired) electrons. The number of hydrogen-bond acceptors (Lipinski definition) is 7. The molecule has 3 N–H and O–H groups in total. The van der Waals surface area contributed by atoms with Gasteiger partial charge < -0.3 is 16.0 Å². The number of nitro groups is 1. The zero-order valence-electron chi connectivity index (χ0n) is 14.2. The Bertz CT molecular complexity index is 804. The number of anilines is 2. The van der Waals surface area contributed by atoms with Gasteiger partial charge in [-0.25, -0.2) is 4.98 Å². The van der Waals surface area contributed by atoms with Crippen LogP contribution in [0.3, 0.4) is 0 Å². The molecule has 0 aliphatic carbocycles. The maximum Gasteiger partial charge on any atom is 0.270 e. The summed E-state index contributed by atoms with van der Waals surface area (Å²) in [6, 6.07) is 8.78. The van der Waals surface area contributed by atoms with Crippen LogP contribution >= 0.6 is 12.4 Å². The fraction of sp³-hybridized carbons (Fsp3) is 0.412. The molecule has 2 fully saturated rings. The van der Waals surface area contributed by atoms with E-state index in [1.807, 2.05) is 6.07 Å². The van der Waals surface area contributed by atoms with Crippen LogP contribution in [0.4, 0.5) is 17.5 Å². The highest BCUT2D eigenvalue weighted by Crippen LogP contribution is 2.31. The van der Waals surface area contributed by atoms with Gasteiger partial charge in [0.15, 0.2) is 0 Å². The molecule has 9 heteroatoms. The van der Waals surface area contributed by atoms with Crippen LogP contribution in [0, 0.1) is 16.0 Å². The normalized spacial score (nSPS) is 21.8. The van der Waals surface area contributed by atoms with E-state index in [4.69, 9.17) is 5.73 Å². The molecule has 1 aromatic heterocycles. The Labute approximate surface area is 157 Å². The molecule has 8 nitrogen and oxygen atoms in total. The minimum absolute atomic E-state index is 0. The van der Waals surface area contributed by atoms with Gasteiger partial charge in [0, 0.05) is 42.9 Å². The first-order valence-electron chi connectivity index (χ1n) is 8.48. The van der Waals surface area contributed by atoms with Gasteiger partial charge in [-0.05, 0) is 25.3 Å². The van der Waals surface area contributed by atoms with Gasteiger partial charge >= 0.3 is 0 Å². The minimum Gasteiger partial charge on any atom is -0.368 e. The SMILES string of the molecule is Cl.Nc1nc(-c2cccc([N+](=O)[O-])c2)cc(N2C[C@H]3CCCN[C@H]3C2)n1. The molecule has 26 heavy (non-hydrogen) atoms. The number of aromatic nitrogens is 2. The van der Waals surface area contributed by atoms with Gasteiger partial charge in [-0.1, -0.05) is 12.1 Å². The number of fused-ring (bicyclic) bond motifs is 1. The summed E-state index contributed by atoms with van der Waals surface area (Å²) in [5, 5.41) is 14.6. The van der Waals surface area contributed by atoms with Crippen molar-refractivity contribution in [1.82, 2.24) is 15.3 Å². The lowest BCUT2D eigenvalue weighted by atomic mass is 9.94. The maximum atomic E-state index is 11.0. The van der Waals surface area contributed by atoms with E-state index >= 15 is 0 Å². The zero-order chi connectivity index (χ0) is 17.4. The van der Waals surface area contributed by atoms with Crippen molar-refractivity contribution in [2.45, 2.75) is 18.9 Å². The lowest BCUT2D eigenvalue weighted by molar-refractivity contribution is -0.384. The van der Waals surface area contributed by atoms with Crippen molar-refractivity contribution in [3.05, 3.63) is 40.4 Å². The number of nitro benzene ring substituents is 1. The van der Waals surface area contributed by atoms with Crippen molar-refractivity contribution >= 4 is 29.9 Å². The molecule has 4 rings (SSSR count). The molecule has 2 aliphatic rings. The Kier molecular flexibility index (Phi) is 5.24. The molecule has 0 spiro atoms. The van der Waals surface area contributed by atoms with Gasteiger partial charge in [-0.2, -0.15) is 4.98 Å². The molecule has 138 valence electrons. The first kappa shape index (κ1) is 18.3. The molecular formula is C17H21ClN6O2. The van der Waals surface area contributed by atoms with E-state index in [0.717, 1.165) is 25.5 Å². The van der Waals surface area contributed by atoms with E-state index in [0.29, 0.717) is 23.2 Å². The summed E-state index contributed by atoms with van der Waals surface area (Å²) in [4.78, 5) is 21.5. The molecule has 0 amide bonds. The summed E-state index contributed by atoms with van der Waals surface area (Å²) < 4.78 is 0. The van der Waals surface area contributed by atoms with Gasteiger partial charge in [0.05, 0.1) is 10.6 Å². The maximum absolute atomic E-state index is 11.0. The first-order chi connectivity index (χ1) is 12.1. The molecule has 1 aromatic carbocycles. The largest absolute Gasteiger partial charge is 0.368 e. The van der Waals surface area contributed by atoms with Gasteiger partial charge in [0.1, 0.15) is 5.82 Å². The van der Waals surface area contributed by atoms with E-state index in [1.54, 1.807) is 12.1 Å². The van der Waals surface area contributed by atoms with Crippen molar-refractivity contribution < 1.29 is 4.92 Å². The Balaban J connectivity index is 0.00000196. The standard InChI is InChI=1S/C17H20N6O2.ClH/c18-17-20-14(11-3-1-5-13(7-11)23(24)25)8-16(21-17)22-9-12-4-2-6-19-15(12)10-22;/h1,3,5,7-8,12,15,19H,2,4,6,9-10H2,(H2,18,20,21);1H/t12-,15+;/m1./s1. The Morgan fingerprint density at radius 3 is 2.88 bits per heavy atom. The summed E-state index contributed by atoms with van der Waals surface area (Å²) in [6.07, 6.45) is 2.44. The monoisotopic (exact) mass is 376 g/mol. The van der Waals surface area contributed by atoms with Crippen LogP contribution in [0.1, 0.15) is 12.8 Å². The van der Waals surface area contributed by atoms with Gasteiger partial charge in [-0.15, -0.1) is 12.4 Å². The van der Waals surface area contributed by atoms with E-state index in [2.05, 4.69) is 20.2 Å². The van der Waals surface area contributed by atoms with Gasteiger partial charge in [0.2, 0.25) is 5.95 Å². The van der Waals surface area contributed by atoms with E-state index in [-0.39, 0.29) is 24.0 Å². The van der Waals surface area contributed by atoms with Crippen LogP contribution in [0.15, 0.2) is 30.3 Å². The molecule has 2 atom stereocenters. The minimum atomic E-state index is -0.411. The summed E-state index contributed by atoms with van der Waals surface area (Å²) in [7, 11) is 0. The lowest BCUT2D eigenvalue weighted by Gasteiger charge is -2.24. The van der Waals surface area contributed by atoms with Crippen molar-refractivity contribution in [3.63, 3.8) is 0 Å². The van der Waals surface area contributed by atoms with Crippen LogP contribution in [-0.2, 0) is 0 Å². The van der Waals surface area contributed by atoms with Gasteiger partial charge in [-0.3, -0.25) is 10.1 Å². The molecule has 0 saturated carbocycles. The Morgan fingerprint density at radius 2 is 2.12 bits per heavy atom. The zero-order valence-corrected chi connectivity index (χ0v) is 15.0. The predicted molar refractivity (Wildman–Crippen MR) is 103 cm³/mol. The topological polar surface area (TPSA) is 110 Å². The summed E-state index contributed by atoms with van der Waals surface area (Å²) in [5.41, 5.74) is 7.22. The highest BCUT2D eigenvalue weighted by molar-refractivity contribution is 5.85. The van der Waals surface area contributed by atoms with Crippen LogP contribution < -0.4 is 16.0 Å². The average molecular weight is 377 g/mol. The third-order valence-corrected chi connectivity index (χ3v) is 5.01. The van der Waals surface area contributed by atoms with E-state index < -0.39 is 4.92 Å². The molecule has 2 aliphatic heterocycles. The number of nitrogens with zero attached hydrogens (tertiary/aromatic N) is 4. The summed E-state index contributed by atoms with van der Waals surface area (Å²) in [6.45, 7) is 2.91. The van der Waals surface area contributed by atoms with Crippen LogP contribution in [-0.4, -0.2) is 40.6 Å². The van der Waals surface area contributed by atoms with E-state index in [1.165, 1.54) is 25.0 Å². The third-order valence-electron chi connectivity index (χ3n) is 5.01. The molecule has 2 saturated heterocycles. The van der Waals surface area contributed by atoms with Crippen molar-refractivity contribution in [2.24, 2.45) is 5.92 Å². The molecule has 0 unspecified atom stereocenters. The smallest absolute Gasteiger partial charge is 0.270 e.